The zero-order chi connectivity index (χ0) is 14.4. The molecular formula is C18H28O2. The zero-order valence-electron chi connectivity index (χ0n) is 13.2. The molecule has 0 aromatic heterocycles. The maximum Gasteiger partial charge on any atom is 0.309 e. The minimum Gasteiger partial charge on any atom is -0.460 e. The van der Waals surface area contributed by atoms with Gasteiger partial charge in [0.15, 0.2) is 0 Å². The molecule has 3 aliphatic rings. The van der Waals surface area contributed by atoms with E-state index in [0.29, 0.717) is 11.3 Å². The van der Waals surface area contributed by atoms with E-state index in [1.165, 1.54) is 32.1 Å². The number of carbonyl (C=O) groups is 1. The molecule has 0 N–H and O–H groups in total. The van der Waals surface area contributed by atoms with Crippen LogP contribution in [0.5, 0.6) is 0 Å². The molecule has 2 saturated carbocycles. The van der Waals surface area contributed by atoms with Crippen LogP contribution in [0.1, 0.15) is 65.7 Å². The Bertz CT molecular complexity index is 418. The monoisotopic (exact) mass is 276 g/mol. The first-order valence-electron chi connectivity index (χ1n) is 8.30. The SMILES string of the molecule is CC(C)(C)OC(=O)C1CCCC(C23C=CC(CC2)C3)C1. The van der Waals surface area contributed by atoms with E-state index >= 15 is 0 Å². The van der Waals surface area contributed by atoms with Crippen molar-refractivity contribution in [2.45, 2.75) is 71.3 Å². The molecule has 0 spiro atoms. The molecule has 2 nitrogen and oxygen atoms in total. The van der Waals surface area contributed by atoms with E-state index in [-0.39, 0.29) is 17.5 Å². The van der Waals surface area contributed by atoms with E-state index in [1.807, 2.05) is 20.8 Å². The summed E-state index contributed by atoms with van der Waals surface area (Å²) < 4.78 is 5.61. The van der Waals surface area contributed by atoms with Crippen molar-refractivity contribution in [1.82, 2.24) is 0 Å². The third kappa shape index (κ3) is 2.66. The molecule has 0 aromatic carbocycles. The molecule has 0 aliphatic heterocycles. The topological polar surface area (TPSA) is 26.3 Å². The lowest BCUT2D eigenvalue weighted by Gasteiger charge is -2.39. The Morgan fingerprint density at radius 3 is 2.60 bits per heavy atom. The van der Waals surface area contributed by atoms with E-state index in [0.717, 1.165) is 18.8 Å². The second kappa shape index (κ2) is 4.89. The smallest absolute Gasteiger partial charge is 0.309 e. The highest BCUT2D eigenvalue weighted by Gasteiger charge is 2.48. The van der Waals surface area contributed by atoms with E-state index in [4.69, 9.17) is 4.74 Å². The molecule has 20 heavy (non-hydrogen) atoms. The normalized spacial score (nSPS) is 40.0. The number of esters is 1. The molecule has 112 valence electrons. The molecule has 2 bridgehead atoms. The molecule has 2 heteroatoms. The van der Waals surface area contributed by atoms with Gasteiger partial charge in [-0.3, -0.25) is 4.79 Å². The fraction of sp³-hybridized carbons (Fsp3) is 0.833. The fourth-order valence-electron chi connectivity index (χ4n) is 4.61. The second-order valence-electron chi connectivity index (χ2n) is 8.19. The molecule has 0 radical (unpaired) electrons. The van der Waals surface area contributed by atoms with Gasteiger partial charge in [-0.1, -0.05) is 18.6 Å². The maximum atomic E-state index is 12.3. The van der Waals surface area contributed by atoms with Crippen molar-refractivity contribution in [2.24, 2.45) is 23.2 Å². The first-order valence-corrected chi connectivity index (χ1v) is 8.30. The third-order valence-corrected chi connectivity index (χ3v) is 5.55. The van der Waals surface area contributed by atoms with Gasteiger partial charge >= 0.3 is 5.97 Å². The molecule has 0 aromatic rings. The Labute approximate surface area is 123 Å². The van der Waals surface area contributed by atoms with Crippen LogP contribution in [0.25, 0.3) is 0 Å². The third-order valence-electron chi connectivity index (χ3n) is 5.55. The predicted molar refractivity (Wildman–Crippen MR) is 80.2 cm³/mol. The summed E-state index contributed by atoms with van der Waals surface area (Å²) in [6.45, 7) is 5.89. The van der Waals surface area contributed by atoms with Crippen LogP contribution >= 0.6 is 0 Å². The van der Waals surface area contributed by atoms with Crippen LogP contribution in [-0.4, -0.2) is 11.6 Å². The van der Waals surface area contributed by atoms with Gasteiger partial charge in [0.05, 0.1) is 5.92 Å². The predicted octanol–water partition coefficient (Wildman–Crippen LogP) is 4.49. The number of hydrogen-bond donors (Lipinski definition) is 0. The van der Waals surface area contributed by atoms with Crippen molar-refractivity contribution in [3.05, 3.63) is 12.2 Å². The summed E-state index contributed by atoms with van der Waals surface area (Å²) in [5, 5.41) is 0. The van der Waals surface area contributed by atoms with E-state index in [2.05, 4.69) is 12.2 Å². The standard InChI is InChI=1S/C18H28O2/c1-17(2,3)20-16(19)14-5-4-6-15(11-14)18-9-7-13(12-18)8-10-18/h7,9,13-15H,4-6,8,10-12H2,1-3H3. The Morgan fingerprint density at radius 1 is 1.25 bits per heavy atom. The zero-order valence-corrected chi connectivity index (χ0v) is 13.2. The van der Waals surface area contributed by atoms with E-state index < -0.39 is 0 Å². The summed E-state index contributed by atoms with van der Waals surface area (Å²) in [5.74, 6) is 1.71. The highest BCUT2D eigenvalue weighted by Crippen LogP contribution is 2.57. The number of hydrogen-bond acceptors (Lipinski definition) is 2. The van der Waals surface area contributed by atoms with Crippen molar-refractivity contribution in [2.75, 3.05) is 0 Å². The van der Waals surface area contributed by atoms with Crippen molar-refractivity contribution < 1.29 is 9.53 Å². The Balaban J connectivity index is 1.65. The van der Waals surface area contributed by atoms with Crippen molar-refractivity contribution >= 4 is 5.97 Å². The molecule has 3 rings (SSSR count). The summed E-state index contributed by atoms with van der Waals surface area (Å²) in [6, 6.07) is 0. The molecule has 0 heterocycles. The average Bonchev–Trinajstić information content (AvgIpc) is 2.98. The molecular weight excluding hydrogens is 248 g/mol. The summed E-state index contributed by atoms with van der Waals surface area (Å²) >= 11 is 0. The summed E-state index contributed by atoms with van der Waals surface area (Å²) in [5.41, 5.74) is 0.0827. The van der Waals surface area contributed by atoms with Crippen LogP contribution in [-0.2, 0) is 9.53 Å². The van der Waals surface area contributed by atoms with Gasteiger partial charge in [0.1, 0.15) is 5.60 Å². The average molecular weight is 276 g/mol. The van der Waals surface area contributed by atoms with Crippen molar-refractivity contribution in [3.63, 3.8) is 0 Å². The van der Waals surface area contributed by atoms with E-state index in [9.17, 15) is 4.79 Å². The Morgan fingerprint density at radius 2 is 2.05 bits per heavy atom. The Kier molecular flexibility index (Phi) is 3.46. The summed E-state index contributed by atoms with van der Waals surface area (Å²) in [6.07, 6.45) is 13.5. The van der Waals surface area contributed by atoms with Crippen molar-refractivity contribution in [3.8, 4) is 0 Å². The number of carbonyl (C=O) groups excluding carboxylic acids is 1. The van der Waals surface area contributed by atoms with Gasteiger partial charge in [-0.15, -0.1) is 0 Å². The highest BCUT2D eigenvalue weighted by molar-refractivity contribution is 5.73. The lowest BCUT2D eigenvalue weighted by molar-refractivity contribution is -0.162. The van der Waals surface area contributed by atoms with Crippen LogP contribution in [0, 0.1) is 23.2 Å². The molecule has 2 fully saturated rings. The van der Waals surface area contributed by atoms with Crippen LogP contribution in [0.3, 0.4) is 0 Å². The summed E-state index contributed by atoms with van der Waals surface area (Å²) in [7, 11) is 0. The van der Waals surface area contributed by atoms with Gasteiger partial charge in [0.2, 0.25) is 0 Å². The van der Waals surface area contributed by atoms with E-state index in [1.54, 1.807) is 0 Å². The maximum absolute atomic E-state index is 12.3. The molecule has 4 atom stereocenters. The summed E-state index contributed by atoms with van der Waals surface area (Å²) in [4.78, 5) is 12.3. The minimum atomic E-state index is -0.353. The number of fused-ring (bicyclic) bond motifs is 2. The van der Waals surface area contributed by atoms with Gasteiger partial charge < -0.3 is 4.74 Å². The minimum absolute atomic E-state index is 0.0372. The van der Waals surface area contributed by atoms with Crippen LogP contribution in [0.4, 0.5) is 0 Å². The van der Waals surface area contributed by atoms with Gasteiger partial charge in [-0.2, -0.15) is 0 Å². The van der Waals surface area contributed by atoms with Crippen LogP contribution in [0.15, 0.2) is 12.2 Å². The highest BCUT2D eigenvalue weighted by atomic mass is 16.6. The fourth-order valence-corrected chi connectivity index (χ4v) is 4.61. The quantitative estimate of drug-likeness (QED) is 0.548. The second-order valence-corrected chi connectivity index (χ2v) is 8.19. The number of allylic oxidation sites excluding steroid dienone is 2. The van der Waals surface area contributed by atoms with Gasteiger partial charge in [-0.25, -0.2) is 0 Å². The largest absolute Gasteiger partial charge is 0.460 e. The Hall–Kier alpha value is -0.790. The van der Waals surface area contributed by atoms with Crippen molar-refractivity contribution in [1.29, 1.82) is 0 Å². The molecule has 4 unspecified atom stereocenters. The first kappa shape index (κ1) is 14.2. The van der Waals surface area contributed by atoms with Gasteiger partial charge in [0.25, 0.3) is 0 Å². The number of rotatable bonds is 2. The molecule has 0 saturated heterocycles. The molecule has 3 aliphatic carbocycles. The van der Waals surface area contributed by atoms with Crippen LogP contribution in [0.2, 0.25) is 0 Å². The first-order chi connectivity index (χ1) is 9.38. The molecule has 0 amide bonds. The van der Waals surface area contributed by atoms with Gasteiger partial charge in [0, 0.05) is 0 Å². The lowest BCUT2D eigenvalue weighted by Crippen LogP contribution is -2.35. The van der Waals surface area contributed by atoms with Crippen LogP contribution < -0.4 is 0 Å². The van der Waals surface area contributed by atoms with Gasteiger partial charge in [-0.05, 0) is 76.5 Å². The number of ether oxygens (including phenoxy) is 1. The lowest BCUT2D eigenvalue weighted by atomic mass is 9.66.